The molecule has 8 heteroatoms. The number of nitrogens with two attached hydrogens (primary N) is 1. The van der Waals surface area contributed by atoms with Gasteiger partial charge in [-0.05, 0) is 36.1 Å². The second-order valence-electron chi connectivity index (χ2n) is 4.66. The summed E-state index contributed by atoms with van der Waals surface area (Å²) >= 11 is 7.19. The number of hydrogen-bond donors (Lipinski definition) is 1. The SMILES string of the molecule is Cl.N[C@@H]1CCN(S(=O)(=O)c2cc3cc(Cl)ccc3s2)C1. The fourth-order valence-corrected chi connectivity index (χ4v) is 5.44. The van der Waals surface area contributed by atoms with E-state index in [1.165, 1.54) is 15.6 Å². The van der Waals surface area contributed by atoms with E-state index in [-0.39, 0.29) is 18.4 Å². The summed E-state index contributed by atoms with van der Waals surface area (Å²) < 4.78 is 27.7. The van der Waals surface area contributed by atoms with Gasteiger partial charge in [0.05, 0.1) is 0 Å². The molecule has 1 aromatic carbocycles. The zero-order valence-electron chi connectivity index (χ0n) is 10.5. The molecule has 3 rings (SSSR count). The minimum absolute atomic E-state index is 0. The maximum atomic E-state index is 12.5. The standard InChI is InChI=1S/C12H13ClN2O2S2.ClH/c13-9-1-2-11-8(5-9)6-12(18-11)19(16,17)15-4-3-10(14)7-15;/h1-2,5-6,10H,3-4,7,14H2;1H/t10-;/m1./s1. The van der Waals surface area contributed by atoms with Gasteiger partial charge in [-0.1, -0.05) is 11.6 Å². The molecule has 0 bridgehead atoms. The molecule has 1 atom stereocenters. The summed E-state index contributed by atoms with van der Waals surface area (Å²) in [5.41, 5.74) is 5.77. The van der Waals surface area contributed by atoms with E-state index in [2.05, 4.69) is 0 Å². The maximum absolute atomic E-state index is 12.5. The van der Waals surface area contributed by atoms with Crippen molar-refractivity contribution in [1.82, 2.24) is 4.31 Å². The van der Waals surface area contributed by atoms with E-state index in [1.54, 1.807) is 18.2 Å². The van der Waals surface area contributed by atoms with Gasteiger partial charge in [-0.25, -0.2) is 8.42 Å². The first-order valence-electron chi connectivity index (χ1n) is 5.91. The third-order valence-corrected chi connectivity index (χ3v) is 6.90. The van der Waals surface area contributed by atoms with Gasteiger partial charge < -0.3 is 5.73 Å². The molecule has 110 valence electrons. The van der Waals surface area contributed by atoms with Crippen molar-refractivity contribution in [2.24, 2.45) is 5.73 Å². The number of sulfonamides is 1. The highest BCUT2D eigenvalue weighted by atomic mass is 35.5. The summed E-state index contributed by atoms with van der Waals surface area (Å²) in [5, 5.41) is 1.47. The normalized spacial score (nSPS) is 20.2. The first-order chi connectivity index (χ1) is 8.96. The van der Waals surface area contributed by atoms with Gasteiger partial charge in [-0.15, -0.1) is 23.7 Å². The number of halogens is 2. The highest BCUT2D eigenvalue weighted by Gasteiger charge is 2.32. The van der Waals surface area contributed by atoms with Crippen molar-refractivity contribution >= 4 is 55.5 Å². The van der Waals surface area contributed by atoms with Gasteiger partial charge in [0, 0.05) is 28.9 Å². The largest absolute Gasteiger partial charge is 0.326 e. The van der Waals surface area contributed by atoms with Crippen LogP contribution < -0.4 is 5.73 Å². The Morgan fingerprint density at radius 1 is 1.35 bits per heavy atom. The molecule has 1 saturated heterocycles. The molecule has 1 aliphatic rings. The minimum atomic E-state index is -3.42. The van der Waals surface area contributed by atoms with E-state index < -0.39 is 10.0 Å². The van der Waals surface area contributed by atoms with Crippen LogP contribution in [0.3, 0.4) is 0 Å². The molecule has 2 aromatic rings. The Hall–Kier alpha value is -0.370. The molecule has 1 aromatic heterocycles. The summed E-state index contributed by atoms with van der Waals surface area (Å²) in [6.07, 6.45) is 0.718. The van der Waals surface area contributed by atoms with E-state index in [0.717, 1.165) is 16.5 Å². The Balaban J connectivity index is 0.00000147. The Labute approximate surface area is 133 Å². The predicted octanol–water partition coefficient (Wildman–Crippen LogP) is 2.70. The van der Waals surface area contributed by atoms with Crippen LogP contribution in [0.2, 0.25) is 5.02 Å². The molecule has 2 N–H and O–H groups in total. The van der Waals surface area contributed by atoms with Gasteiger partial charge in [0.2, 0.25) is 0 Å². The molecule has 0 aliphatic carbocycles. The van der Waals surface area contributed by atoms with Crippen LogP contribution in [0.5, 0.6) is 0 Å². The number of nitrogens with zero attached hydrogens (tertiary/aromatic N) is 1. The number of thiophene rings is 1. The van der Waals surface area contributed by atoms with Crippen LogP contribution in [0.15, 0.2) is 28.5 Å². The first-order valence-corrected chi connectivity index (χ1v) is 8.55. The van der Waals surface area contributed by atoms with Crippen molar-refractivity contribution in [1.29, 1.82) is 0 Å². The lowest BCUT2D eigenvalue weighted by molar-refractivity contribution is 0.474. The van der Waals surface area contributed by atoms with Crippen molar-refractivity contribution in [3.63, 3.8) is 0 Å². The van der Waals surface area contributed by atoms with E-state index in [4.69, 9.17) is 17.3 Å². The van der Waals surface area contributed by atoms with Gasteiger partial charge in [-0.2, -0.15) is 4.31 Å². The second-order valence-corrected chi connectivity index (χ2v) is 8.34. The minimum Gasteiger partial charge on any atom is -0.326 e. The Morgan fingerprint density at radius 3 is 2.75 bits per heavy atom. The predicted molar refractivity (Wildman–Crippen MR) is 85.4 cm³/mol. The van der Waals surface area contributed by atoms with Crippen LogP contribution in [0.1, 0.15) is 6.42 Å². The Bertz CT molecular complexity index is 730. The molecule has 20 heavy (non-hydrogen) atoms. The second kappa shape index (κ2) is 5.79. The quantitative estimate of drug-likeness (QED) is 0.903. The number of rotatable bonds is 2. The molecule has 0 unspecified atom stereocenters. The lowest BCUT2D eigenvalue weighted by Gasteiger charge is -2.13. The highest BCUT2D eigenvalue weighted by molar-refractivity contribution is 7.91. The molecular formula is C12H14Cl2N2O2S2. The van der Waals surface area contributed by atoms with Gasteiger partial charge in [-0.3, -0.25) is 0 Å². The van der Waals surface area contributed by atoms with Crippen LogP contribution in [-0.2, 0) is 10.0 Å². The van der Waals surface area contributed by atoms with Gasteiger partial charge in [0.1, 0.15) is 4.21 Å². The smallest absolute Gasteiger partial charge is 0.252 e. The lowest BCUT2D eigenvalue weighted by Crippen LogP contribution is -2.31. The molecule has 2 heterocycles. The molecule has 0 radical (unpaired) electrons. The fourth-order valence-electron chi connectivity index (χ4n) is 2.22. The third kappa shape index (κ3) is 2.81. The summed E-state index contributed by atoms with van der Waals surface area (Å²) in [6.45, 7) is 0.899. The Morgan fingerprint density at radius 2 is 2.10 bits per heavy atom. The van der Waals surface area contributed by atoms with Crippen molar-refractivity contribution in [3.8, 4) is 0 Å². The van der Waals surface area contributed by atoms with Crippen LogP contribution in [-0.4, -0.2) is 31.9 Å². The summed E-state index contributed by atoms with van der Waals surface area (Å²) in [4.78, 5) is 0. The van der Waals surface area contributed by atoms with E-state index in [1.807, 2.05) is 6.07 Å². The number of hydrogen-bond acceptors (Lipinski definition) is 4. The number of benzene rings is 1. The average Bonchev–Trinajstić information content (AvgIpc) is 2.95. The third-order valence-electron chi connectivity index (χ3n) is 3.24. The van der Waals surface area contributed by atoms with Gasteiger partial charge in [0.25, 0.3) is 10.0 Å². The zero-order chi connectivity index (χ0) is 13.6. The summed E-state index contributed by atoms with van der Waals surface area (Å²) in [6, 6.07) is 7.02. The van der Waals surface area contributed by atoms with Crippen LogP contribution >= 0.6 is 35.3 Å². The van der Waals surface area contributed by atoms with E-state index in [9.17, 15) is 8.42 Å². The monoisotopic (exact) mass is 352 g/mol. The molecule has 0 saturated carbocycles. The van der Waals surface area contributed by atoms with Gasteiger partial charge in [0.15, 0.2) is 0 Å². The summed E-state index contributed by atoms with van der Waals surface area (Å²) in [5.74, 6) is 0. The maximum Gasteiger partial charge on any atom is 0.252 e. The lowest BCUT2D eigenvalue weighted by atomic mass is 10.3. The molecule has 0 amide bonds. The number of fused-ring (bicyclic) bond motifs is 1. The van der Waals surface area contributed by atoms with Crippen LogP contribution in [0.25, 0.3) is 10.1 Å². The topological polar surface area (TPSA) is 63.4 Å². The van der Waals surface area contributed by atoms with Crippen molar-refractivity contribution in [2.45, 2.75) is 16.7 Å². The average molecular weight is 353 g/mol. The van der Waals surface area contributed by atoms with E-state index >= 15 is 0 Å². The molecule has 4 nitrogen and oxygen atoms in total. The van der Waals surface area contributed by atoms with Gasteiger partial charge >= 0.3 is 0 Å². The fraction of sp³-hybridized carbons (Fsp3) is 0.333. The zero-order valence-corrected chi connectivity index (χ0v) is 13.7. The summed E-state index contributed by atoms with van der Waals surface area (Å²) in [7, 11) is -3.42. The van der Waals surface area contributed by atoms with E-state index in [0.29, 0.717) is 22.3 Å². The molecule has 0 spiro atoms. The highest BCUT2D eigenvalue weighted by Crippen LogP contribution is 2.33. The Kier molecular flexibility index (Phi) is 4.63. The van der Waals surface area contributed by atoms with Crippen molar-refractivity contribution < 1.29 is 8.42 Å². The molecular weight excluding hydrogens is 339 g/mol. The van der Waals surface area contributed by atoms with Crippen LogP contribution in [0, 0.1) is 0 Å². The van der Waals surface area contributed by atoms with Crippen molar-refractivity contribution in [3.05, 3.63) is 29.3 Å². The van der Waals surface area contributed by atoms with Crippen LogP contribution in [0.4, 0.5) is 0 Å². The molecule has 1 aliphatic heterocycles. The first kappa shape index (κ1) is 16.0. The van der Waals surface area contributed by atoms with Crippen molar-refractivity contribution in [2.75, 3.05) is 13.1 Å². The molecule has 1 fully saturated rings.